The standard InChI is InChI=1S/C25H20F3N5O2/c1-16-4-9-21(31-23(34)15-35-19-7-5-18(6-8-19)25(26,27)28)22(13-16)33-24-30-12-10-20(32-24)17-3-2-11-29-14-17/h2-14H,15H2,1H3,(H,31,34)(H,30,32,33). The summed E-state index contributed by atoms with van der Waals surface area (Å²) < 4.78 is 43.4. The number of benzene rings is 2. The highest BCUT2D eigenvalue weighted by atomic mass is 19.4. The van der Waals surface area contributed by atoms with Crippen LogP contribution in [0.5, 0.6) is 5.75 Å². The Hall–Kier alpha value is -4.47. The van der Waals surface area contributed by atoms with E-state index < -0.39 is 17.6 Å². The normalized spacial score (nSPS) is 11.1. The number of alkyl halides is 3. The van der Waals surface area contributed by atoms with E-state index in [0.29, 0.717) is 23.0 Å². The van der Waals surface area contributed by atoms with E-state index in [-0.39, 0.29) is 12.4 Å². The van der Waals surface area contributed by atoms with E-state index in [1.54, 1.807) is 30.7 Å². The second-order valence-electron chi connectivity index (χ2n) is 7.54. The van der Waals surface area contributed by atoms with Gasteiger partial charge in [0.1, 0.15) is 5.75 Å². The van der Waals surface area contributed by atoms with Crippen molar-refractivity contribution in [3.63, 3.8) is 0 Å². The van der Waals surface area contributed by atoms with Crippen LogP contribution in [0.1, 0.15) is 11.1 Å². The van der Waals surface area contributed by atoms with Gasteiger partial charge in [-0.1, -0.05) is 6.07 Å². The molecular weight excluding hydrogens is 459 g/mol. The van der Waals surface area contributed by atoms with Gasteiger partial charge in [0.05, 0.1) is 22.6 Å². The second-order valence-corrected chi connectivity index (χ2v) is 7.54. The van der Waals surface area contributed by atoms with Crippen LogP contribution in [-0.2, 0) is 11.0 Å². The van der Waals surface area contributed by atoms with Crippen LogP contribution in [0.4, 0.5) is 30.5 Å². The number of pyridine rings is 1. The average Bonchev–Trinajstić information content (AvgIpc) is 2.85. The highest BCUT2D eigenvalue weighted by molar-refractivity contribution is 5.95. The number of carbonyl (C=O) groups excluding carboxylic acids is 1. The van der Waals surface area contributed by atoms with Crippen molar-refractivity contribution in [2.45, 2.75) is 13.1 Å². The summed E-state index contributed by atoms with van der Waals surface area (Å²) in [6.07, 6.45) is 0.545. The molecule has 0 spiro atoms. The van der Waals surface area contributed by atoms with Gasteiger partial charge in [0.25, 0.3) is 5.91 Å². The summed E-state index contributed by atoms with van der Waals surface area (Å²) in [6, 6.07) is 15.0. The lowest BCUT2D eigenvalue weighted by molar-refractivity contribution is -0.137. The smallest absolute Gasteiger partial charge is 0.416 e. The number of anilines is 3. The van der Waals surface area contributed by atoms with E-state index in [9.17, 15) is 18.0 Å². The minimum absolute atomic E-state index is 0.149. The Kier molecular flexibility index (Phi) is 6.91. The van der Waals surface area contributed by atoms with E-state index >= 15 is 0 Å². The van der Waals surface area contributed by atoms with Gasteiger partial charge in [-0.3, -0.25) is 9.78 Å². The van der Waals surface area contributed by atoms with Crippen LogP contribution in [-0.4, -0.2) is 27.5 Å². The van der Waals surface area contributed by atoms with Crippen molar-refractivity contribution in [3.05, 3.63) is 90.4 Å². The number of hydrogen-bond donors (Lipinski definition) is 2. The number of nitrogens with one attached hydrogen (secondary N) is 2. The number of aryl methyl sites for hydroxylation is 1. The molecule has 2 aromatic heterocycles. The van der Waals surface area contributed by atoms with Crippen LogP contribution < -0.4 is 15.4 Å². The quantitative estimate of drug-likeness (QED) is 0.357. The highest BCUT2D eigenvalue weighted by Gasteiger charge is 2.30. The first-order chi connectivity index (χ1) is 16.8. The number of halogens is 3. The van der Waals surface area contributed by atoms with E-state index in [1.165, 1.54) is 12.1 Å². The summed E-state index contributed by atoms with van der Waals surface area (Å²) in [6.45, 7) is 1.52. The Bertz CT molecular complexity index is 1310. The number of amides is 1. The van der Waals surface area contributed by atoms with Crippen LogP contribution in [0.2, 0.25) is 0 Å². The fraction of sp³-hybridized carbons (Fsp3) is 0.120. The predicted octanol–water partition coefficient (Wildman–Crippen LogP) is 5.63. The van der Waals surface area contributed by atoms with Crippen LogP contribution in [0, 0.1) is 6.92 Å². The highest BCUT2D eigenvalue weighted by Crippen LogP contribution is 2.30. The van der Waals surface area contributed by atoms with E-state index in [0.717, 1.165) is 23.3 Å². The molecule has 0 aliphatic rings. The van der Waals surface area contributed by atoms with Crippen molar-refractivity contribution < 1.29 is 22.7 Å². The van der Waals surface area contributed by atoms with Gasteiger partial charge >= 0.3 is 6.18 Å². The number of hydrogen-bond acceptors (Lipinski definition) is 6. The molecule has 0 aliphatic carbocycles. The largest absolute Gasteiger partial charge is 0.484 e. The molecule has 2 heterocycles. The van der Waals surface area contributed by atoms with Crippen LogP contribution >= 0.6 is 0 Å². The Morgan fingerprint density at radius 3 is 2.51 bits per heavy atom. The zero-order chi connectivity index (χ0) is 24.8. The first-order valence-electron chi connectivity index (χ1n) is 10.5. The summed E-state index contributed by atoms with van der Waals surface area (Å²) in [5.41, 5.74) is 2.69. The first-order valence-corrected chi connectivity index (χ1v) is 10.5. The summed E-state index contributed by atoms with van der Waals surface area (Å²) in [7, 11) is 0. The van der Waals surface area contributed by atoms with Gasteiger partial charge in [0, 0.05) is 24.2 Å². The van der Waals surface area contributed by atoms with Gasteiger partial charge in [-0.25, -0.2) is 9.97 Å². The number of nitrogens with zero attached hydrogens (tertiary/aromatic N) is 3. The van der Waals surface area contributed by atoms with Crippen LogP contribution in [0.25, 0.3) is 11.3 Å². The molecule has 1 amide bonds. The van der Waals surface area contributed by atoms with Crippen molar-refractivity contribution in [2.75, 3.05) is 17.2 Å². The lowest BCUT2D eigenvalue weighted by Gasteiger charge is -2.14. The van der Waals surface area contributed by atoms with Gasteiger partial charge < -0.3 is 15.4 Å². The average molecular weight is 479 g/mol. The maximum Gasteiger partial charge on any atom is 0.416 e. The molecule has 4 aromatic rings. The summed E-state index contributed by atoms with van der Waals surface area (Å²) >= 11 is 0. The zero-order valence-electron chi connectivity index (χ0n) is 18.5. The number of aromatic nitrogens is 3. The Balaban J connectivity index is 1.44. The SMILES string of the molecule is Cc1ccc(NC(=O)COc2ccc(C(F)(F)F)cc2)c(Nc2nccc(-c3cccnc3)n2)c1. The van der Waals surface area contributed by atoms with Crippen molar-refractivity contribution in [2.24, 2.45) is 0 Å². The minimum atomic E-state index is -4.44. The number of rotatable bonds is 7. The molecule has 2 aromatic carbocycles. The molecule has 0 radical (unpaired) electrons. The van der Waals surface area contributed by atoms with Crippen molar-refractivity contribution in [1.29, 1.82) is 0 Å². The van der Waals surface area contributed by atoms with Crippen LogP contribution in [0.3, 0.4) is 0 Å². The Morgan fingerprint density at radius 2 is 1.80 bits per heavy atom. The van der Waals surface area contributed by atoms with Gasteiger partial charge in [-0.05, 0) is 67.1 Å². The third-order valence-electron chi connectivity index (χ3n) is 4.86. The topological polar surface area (TPSA) is 89.0 Å². The minimum Gasteiger partial charge on any atom is -0.484 e. The molecule has 0 fully saturated rings. The third kappa shape index (κ3) is 6.32. The molecule has 35 heavy (non-hydrogen) atoms. The van der Waals surface area contributed by atoms with Gasteiger partial charge in [-0.2, -0.15) is 13.2 Å². The van der Waals surface area contributed by atoms with Crippen LogP contribution in [0.15, 0.2) is 79.3 Å². The summed E-state index contributed by atoms with van der Waals surface area (Å²) in [5.74, 6) is -0.00805. The molecule has 0 atom stereocenters. The number of ether oxygens (including phenoxy) is 1. The van der Waals surface area contributed by atoms with Crippen molar-refractivity contribution >= 4 is 23.2 Å². The fourth-order valence-corrected chi connectivity index (χ4v) is 3.16. The van der Waals surface area contributed by atoms with Gasteiger partial charge in [0.15, 0.2) is 6.61 Å². The molecule has 0 saturated heterocycles. The van der Waals surface area contributed by atoms with E-state index in [2.05, 4.69) is 25.6 Å². The molecule has 0 unspecified atom stereocenters. The zero-order valence-corrected chi connectivity index (χ0v) is 18.5. The van der Waals surface area contributed by atoms with Crippen molar-refractivity contribution in [3.8, 4) is 17.0 Å². The molecule has 10 heteroatoms. The molecule has 0 aliphatic heterocycles. The Morgan fingerprint density at radius 1 is 1.00 bits per heavy atom. The summed E-state index contributed by atoms with van der Waals surface area (Å²) in [5, 5.41) is 5.86. The molecule has 0 saturated carbocycles. The molecule has 2 N–H and O–H groups in total. The molecule has 4 rings (SSSR count). The van der Waals surface area contributed by atoms with E-state index in [4.69, 9.17) is 4.74 Å². The fourth-order valence-electron chi connectivity index (χ4n) is 3.16. The van der Waals surface area contributed by atoms with Gasteiger partial charge in [0.2, 0.25) is 5.95 Å². The molecular formula is C25H20F3N5O2. The summed E-state index contributed by atoms with van der Waals surface area (Å²) in [4.78, 5) is 25.3. The molecule has 178 valence electrons. The Labute approximate surface area is 199 Å². The first kappa shape index (κ1) is 23.7. The maximum atomic E-state index is 12.7. The lowest BCUT2D eigenvalue weighted by atomic mass is 10.2. The predicted molar refractivity (Wildman–Crippen MR) is 125 cm³/mol. The van der Waals surface area contributed by atoms with E-state index in [1.807, 2.05) is 31.2 Å². The molecule has 7 nitrogen and oxygen atoms in total. The number of carbonyl (C=O) groups is 1. The van der Waals surface area contributed by atoms with Crippen molar-refractivity contribution in [1.82, 2.24) is 15.0 Å². The third-order valence-corrected chi connectivity index (χ3v) is 4.86. The molecule has 0 bridgehead atoms. The lowest BCUT2D eigenvalue weighted by Crippen LogP contribution is -2.21. The second kappa shape index (κ2) is 10.2. The maximum absolute atomic E-state index is 12.7. The monoisotopic (exact) mass is 479 g/mol. The van der Waals surface area contributed by atoms with Gasteiger partial charge in [-0.15, -0.1) is 0 Å².